The molecule has 1 saturated heterocycles. The molecule has 0 saturated carbocycles. The van der Waals surface area contributed by atoms with Gasteiger partial charge in [-0.15, -0.1) is 0 Å². The molecule has 0 aromatic carbocycles. The number of rotatable bonds is 6. The number of thioether (sulfide) groups is 1. The van der Waals surface area contributed by atoms with E-state index >= 15 is 0 Å². The molecule has 1 aromatic heterocycles. The number of nitrogens with zero attached hydrogens (tertiary/aromatic N) is 3. The van der Waals surface area contributed by atoms with Gasteiger partial charge in [-0.05, 0) is 19.8 Å². The molecule has 21 heavy (non-hydrogen) atoms. The molecule has 0 aliphatic carbocycles. The summed E-state index contributed by atoms with van der Waals surface area (Å²) in [6.45, 7) is 2.75. The molecule has 0 amide bonds. The molecule has 1 atom stereocenters. The Hall–Kier alpha value is -1.83. The average Bonchev–Trinajstić information content (AvgIpc) is 2.95. The number of esters is 1. The smallest absolute Gasteiger partial charge is 0.326 e. The number of carboxylic acids is 1. The molecular formula is C13H17N3O4S. The average molecular weight is 311 g/mol. The molecule has 7 nitrogen and oxygen atoms in total. The largest absolute Gasteiger partial charge is 0.480 e. The van der Waals surface area contributed by atoms with Crippen LogP contribution in [0.15, 0.2) is 17.4 Å². The van der Waals surface area contributed by atoms with Gasteiger partial charge in [0.2, 0.25) is 0 Å². The number of aromatic nitrogens is 2. The third kappa shape index (κ3) is 4.07. The number of carboxylic acid groups (broad SMARTS) is 1. The molecule has 0 spiro atoms. The molecule has 1 aromatic rings. The second kappa shape index (κ2) is 7.26. The third-order valence-electron chi connectivity index (χ3n) is 3.08. The SMILES string of the molecule is CCOC(=O)CSc1cncc(N2CCC[C@H]2C(=O)O)n1. The summed E-state index contributed by atoms with van der Waals surface area (Å²) in [5.74, 6) is -0.458. The van der Waals surface area contributed by atoms with Crippen LogP contribution < -0.4 is 4.90 Å². The summed E-state index contributed by atoms with van der Waals surface area (Å²) < 4.78 is 4.85. The Bertz CT molecular complexity index is 526. The first kappa shape index (κ1) is 15.6. The van der Waals surface area contributed by atoms with E-state index in [1.165, 1.54) is 11.8 Å². The van der Waals surface area contributed by atoms with Crippen LogP contribution in [-0.4, -0.2) is 52.0 Å². The van der Waals surface area contributed by atoms with Crippen molar-refractivity contribution in [2.24, 2.45) is 0 Å². The van der Waals surface area contributed by atoms with Gasteiger partial charge in [0.15, 0.2) is 0 Å². The highest BCUT2D eigenvalue weighted by atomic mass is 32.2. The van der Waals surface area contributed by atoms with Crippen molar-refractivity contribution in [3.8, 4) is 0 Å². The Kier molecular flexibility index (Phi) is 5.38. The van der Waals surface area contributed by atoms with E-state index in [0.29, 0.717) is 30.4 Å². The van der Waals surface area contributed by atoms with E-state index in [4.69, 9.17) is 4.74 Å². The predicted molar refractivity (Wildman–Crippen MR) is 77.4 cm³/mol. The fourth-order valence-corrected chi connectivity index (χ4v) is 2.82. The second-order valence-electron chi connectivity index (χ2n) is 4.50. The van der Waals surface area contributed by atoms with Crippen molar-refractivity contribution in [3.63, 3.8) is 0 Å². The number of carbonyl (C=O) groups excluding carboxylic acids is 1. The standard InChI is InChI=1S/C13H17N3O4S/c1-2-20-12(17)8-21-11-7-14-6-10(15-11)16-5-3-4-9(16)13(18)19/h6-7,9H,2-5,8H2,1H3,(H,18,19)/t9-/m0/s1. The molecule has 1 N–H and O–H groups in total. The molecule has 0 bridgehead atoms. The number of hydrogen-bond donors (Lipinski definition) is 1. The summed E-state index contributed by atoms with van der Waals surface area (Å²) in [5.41, 5.74) is 0. The van der Waals surface area contributed by atoms with Gasteiger partial charge < -0.3 is 14.7 Å². The molecule has 114 valence electrons. The van der Waals surface area contributed by atoms with Crippen molar-refractivity contribution in [2.75, 3.05) is 23.8 Å². The Labute approximate surface area is 126 Å². The van der Waals surface area contributed by atoms with Crippen LogP contribution in [0.2, 0.25) is 0 Å². The van der Waals surface area contributed by atoms with Crippen molar-refractivity contribution >= 4 is 29.5 Å². The zero-order valence-electron chi connectivity index (χ0n) is 11.7. The lowest BCUT2D eigenvalue weighted by atomic mass is 10.2. The van der Waals surface area contributed by atoms with Crippen LogP contribution in [0, 0.1) is 0 Å². The fourth-order valence-electron chi connectivity index (χ4n) is 2.18. The van der Waals surface area contributed by atoms with Crippen molar-refractivity contribution in [1.29, 1.82) is 0 Å². The zero-order valence-corrected chi connectivity index (χ0v) is 12.5. The van der Waals surface area contributed by atoms with Crippen molar-refractivity contribution in [2.45, 2.75) is 30.8 Å². The Morgan fingerprint density at radius 1 is 1.52 bits per heavy atom. The van der Waals surface area contributed by atoms with Crippen LogP contribution in [0.25, 0.3) is 0 Å². The van der Waals surface area contributed by atoms with Gasteiger partial charge in [-0.2, -0.15) is 0 Å². The number of ether oxygens (including phenoxy) is 1. The molecule has 1 fully saturated rings. The van der Waals surface area contributed by atoms with Gasteiger partial charge in [0.25, 0.3) is 0 Å². The van der Waals surface area contributed by atoms with Crippen LogP contribution in [0.1, 0.15) is 19.8 Å². The predicted octanol–water partition coefficient (Wildman–Crippen LogP) is 1.19. The Morgan fingerprint density at radius 3 is 3.05 bits per heavy atom. The van der Waals surface area contributed by atoms with Crippen LogP contribution in [0.5, 0.6) is 0 Å². The first-order chi connectivity index (χ1) is 10.1. The molecule has 2 heterocycles. The van der Waals surface area contributed by atoms with Crippen molar-refractivity contribution in [3.05, 3.63) is 12.4 Å². The highest BCUT2D eigenvalue weighted by Crippen LogP contribution is 2.25. The highest BCUT2D eigenvalue weighted by Gasteiger charge is 2.31. The monoisotopic (exact) mass is 311 g/mol. The second-order valence-corrected chi connectivity index (χ2v) is 5.49. The summed E-state index contributed by atoms with van der Waals surface area (Å²) in [7, 11) is 0. The number of aliphatic carboxylic acids is 1. The zero-order chi connectivity index (χ0) is 15.2. The lowest BCUT2D eigenvalue weighted by molar-refractivity contribution is -0.140. The van der Waals surface area contributed by atoms with Gasteiger partial charge >= 0.3 is 11.9 Å². The minimum atomic E-state index is -0.848. The van der Waals surface area contributed by atoms with Gasteiger partial charge in [0.05, 0.1) is 24.8 Å². The quantitative estimate of drug-likeness (QED) is 0.618. The van der Waals surface area contributed by atoms with E-state index in [9.17, 15) is 14.7 Å². The van der Waals surface area contributed by atoms with Crippen LogP contribution in [0.4, 0.5) is 5.82 Å². The van der Waals surface area contributed by atoms with Crippen molar-refractivity contribution < 1.29 is 19.4 Å². The topological polar surface area (TPSA) is 92.6 Å². The van der Waals surface area contributed by atoms with E-state index in [1.807, 2.05) is 0 Å². The number of carbonyl (C=O) groups is 2. The highest BCUT2D eigenvalue weighted by molar-refractivity contribution is 7.99. The first-order valence-corrected chi connectivity index (χ1v) is 7.70. The molecular weight excluding hydrogens is 294 g/mol. The lowest BCUT2D eigenvalue weighted by Crippen LogP contribution is -2.36. The summed E-state index contributed by atoms with van der Waals surface area (Å²) in [5, 5.41) is 9.77. The molecule has 1 aliphatic rings. The molecule has 1 aliphatic heterocycles. The summed E-state index contributed by atoms with van der Waals surface area (Å²) in [4.78, 5) is 32.7. The van der Waals surface area contributed by atoms with Crippen LogP contribution >= 0.6 is 11.8 Å². The van der Waals surface area contributed by atoms with Gasteiger partial charge in [0, 0.05) is 6.54 Å². The molecule has 0 unspecified atom stereocenters. The maximum absolute atomic E-state index is 11.3. The van der Waals surface area contributed by atoms with E-state index in [0.717, 1.165) is 6.42 Å². The van der Waals surface area contributed by atoms with Gasteiger partial charge in [-0.1, -0.05) is 11.8 Å². The maximum Gasteiger partial charge on any atom is 0.326 e. The molecule has 8 heteroatoms. The molecule has 0 radical (unpaired) electrons. The third-order valence-corrected chi connectivity index (χ3v) is 3.95. The van der Waals surface area contributed by atoms with E-state index in [1.54, 1.807) is 24.2 Å². The lowest BCUT2D eigenvalue weighted by Gasteiger charge is -2.22. The maximum atomic E-state index is 11.3. The fraction of sp³-hybridized carbons (Fsp3) is 0.538. The number of anilines is 1. The van der Waals surface area contributed by atoms with Crippen LogP contribution in [-0.2, 0) is 14.3 Å². The van der Waals surface area contributed by atoms with E-state index in [2.05, 4.69) is 9.97 Å². The van der Waals surface area contributed by atoms with E-state index < -0.39 is 12.0 Å². The summed E-state index contributed by atoms with van der Waals surface area (Å²) >= 11 is 1.23. The van der Waals surface area contributed by atoms with Gasteiger partial charge in [0.1, 0.15) is 16.9 Å². The minimum absolute atomic E-state index is 0.161. The Balaban J connectivity index is 2.03. The minimum Gasteiger partial charge on any atom is -0.480 e. The van der Waals surface area contributed by atoms with Gasteiger partial charge in [-0.25, -0.2) is 9.78 Å². The first-order valence-electron chi connectivity index (χ1n) is 6.71. The van der Waals surface area contributed by atoms with Crippen molar-refractivity contribution in [1.82, 2.24) is 9.97 Å². The molecule has 2 rings (SSSR count). The number of hydrogen-bond acceptors (Lipinski definition) is 7. The summed E-state index contributed by atoms with van der Waals surface area (Å²) in [6, 6.07) is -0.551. The Morgan fingerprint density at radius 2 is 2.33 bits per heavy atom. The van der Waals surface area contributed by atoms with E-state index in [-0.39, 0.29) is 11.7 Å². The summed E-state index contributed by atoms with van der Waals surface area (Å²) in [6.07, 6.45) is 4.53. The van der Waals surface area contributed by atoms with Gasteiger partial charge in [-0.3, -0.25) is 9.78 Å². The normalized spacial score (nSPS) is 17.8. The van der Waals surface area contributed by atoms with Crippen LogP contribution in [0.3, 0.4) is 0 Å².